The maximum absolute atomic E-state index is 14.4. The molecule has 0 amide bonds. The maximum atomic E-state index is 14.4. The van der Waals surface area contributed by atoms with Crippen molar-refractivity contribution in [3.05, 3.63) is 82.3 Å². The molecule has 0 unspecified atom stereocenters. The fourth-order valence-corrected chi connectivity index (χ4v) is 3.59. The molecule has 0 fully saturated rings. The lowest BCUT2D eigenvalue weighted by atomic mass is 10.1. The van der Waals surface area contributed by atoms with Gasteiger partial charge in [0.1, 0.15) is 18.8 Å². The second-order valence-corrected chi connectivity index (χ2v) is 8.08. The minimum Gasteiger partial charge on any atom is -0.493 e. The van der Waals surface area contributed by atoms with Gasteiger partial charge in [0, 0.05) is 15.9 Å². The highest BCUT2D eigenvalue weighted by molar-refractivity contribution is 9.10. The lowest BCUT2D eigenvalue weighted by Crippen LogP contribution is -2.27. The zero-order valence-electron chi connectivity index (χ0n) is 17.6. The third-order valence-corrected chi connectivity index (χ3v) is 5.47. The molecule has 0 aliphatic rings. The number of fused-ring (bicyclic) bond motifs is 1. The van der Waals surface area contributed by atoms with E-state index >= 15 is 0 Å². The Morgan fingerprint density at radius 2 is 1.74 bits per heavy atom. The highest BCUT2D eigenvalue weighted by atomic mass is 79.9. The number of anilines is 2. The van der Waals surface area contributed by atoms with Crippen molar-refractivity contribution in [3.63, 3.8) is 0 Å². The van der Waals surface area contributed by atoms with Crippen molar-refractivity contribution in [1.29, 1.82) is 0 Å². The van der Waals surface area contributed by atoms with E-state index in [1.54, 1.807) is 18.2 Å². The van der Waals surface area contributed by atoms with Crippen molar-refractivity contribution in [1.82, 2.24) is 9.97 Å². The van der Waals surface area contributed by atoms with E-state index in [-0.39, 0.29) is 18.1 Å². The van der Waals surface area contributed by atoms with Crippen molar-refractivity contribution < 1.29 is 27.0 Å². The van der Waals surface area contributed by atoms with Gasteiger partial charge in [0.05, 0.1) is 23.9 Å². The topological polar surface area (TPSA) is 73.5 Å². The van der Waals surface area contributed by atoms with Crippen LogP contribution in [-0.2, 0) is 12.8 Å². The molecule has 4 rings (SSSR count). The molecule has 34 heavy (non-hydrogen) atoms. The molecule has 6 nitrogen and oxygen atoms in total. The van der Waals surface area contributed by atoms with Crippen LogP contribution in [0, 0.1) is 5.82 Å². The molecule has 0 spiro atoms. The molecule has 0 bridgehead atoms. The molecule has 0 radical (unpaired) electrons. The van der Waals surface area contributed by atoms with Crippen LogP contribution in [-0.4, -0.2) is 17.1 Å². The number of aromatic nitrogens is 2. The average molecular weight is 537 g/mol. The van der Waals surface area contributed by atoms with E-state index in [0.717, 1.165) is 17.1 Å². The Morgan fingerprint density at radius 1 is 1.00 bits per heavy atom. The summed E-state index contributed by atoms with van der Waals surface area (Å²) in [5.74, 6) is 6.50. The lowest BCUT2D eigenvalue weighted by molar-refractivity contribution is -0.137. The molecule has 176 valence electrons. The molecule has 0 saturated carbocycles. The first-order chi connectivity index (χ1) is 16.2. The van der Waals surface area contributed by atoms with Gasteiger partial charge < -0.3 is 9.47 Å². The van der Waals surface area contributed by atoms with E-state index in [0.29, 0.717) is 32.4 Å². The smallest absolute Gasteiger partial charge is 0.416 e. The molecule has 1 aromatic heterocycles. The predicted molar refractivity (Wildman–Crippen MR) is 122 cm³/mol. The van der Waals surface area contributed by atoms with Gasteiger partial charge in [-0.2, -0.15) is 13.2 Å². The first-order valence-electron chi connectivity index (χ1n) is 9.79. The third kappa shape index (κ3) is 4.90. The van der Waals surface area contributed by atoms with Crippen molar-refractivity contribution in [2.24, 2.45) is 5.84 Å². The van der Waals surface area contributed by atoms with Crippen LogP contribution in [0.25, 0.3) is 10.9 Å². The fourth-order valence-electron chi connectivity index (χ4n) is 3.26. The molecule has 11 heteroatoms. The number of halogens is 5. The minimum absolute atomic E-state index is 0.00502. The van der Waals surface area contributed by atoms with Gasteiger partial charge in [0.25, 0.3) is 0 Å². The van der Waals surface area contributed by atoms with Gasteiger partial charge in [-0.1, -0.05) is 28.1 Å². The molecule has 1 heterocycles. The molecule has 0 aliphatic heterocycles. The van der Waals surface area contributed by atoms with Crippen molar-refractivity contribution in [2.45, 2.75) is 12.8 Å². The standard InChI is InChI=1S/C23H17BrF4N4O2/c1-33-20-9-16-18(10-21(20)34-11-13-2-4-14(5-3-13)23(26,27)28)30-12-31-22(16)32(29)19-7-6-15(24)8-17(19)25/h2-10,12H,11,29H2,1H3. The van der Waals surface area contributed by atoms with Gasteiger partial charge in [-0.3, -0.25) is 5.01 Å². The molecule has 0 aliphatic carbocycles. The van der Waals surface area contributed by atoms with Crippen LogP contribution < -0.4 is 20.3 Å². The van der Waals surface area contributed by atoms with E-state index < -0.39 is 17.6 Å². The van der Waals surface area contributed by atoms with Crippen LogP contribution in [0.5, 0.6) is 11.5 Å². The van der Waals surface area contributed by atoms with E-state index in [4.69, 9.17) is 15.3 Å². The Hall–Kier alpha value is -3.44. The molecule has 4 aromatic rings. The summed E-state index contributed by atoms with van der Waals surface area (Å²) in [5, 5.41) is 1.58. The third-order valence-electron chi connectivity index (χ3n) is 4.97. The summed E-state index contributed by atoms with van der Waals surface area (Å²) < 4.78 is 64.5. The number of alkyl halides is 3. The Morgan fingerprint density at radius 3 is 2.38 bits per heavy atom. The van der Waals surface area contributed by atoms with E-state index in [1.807, 2.05) is 0 Å². The van der Waals surface area contributed by atoms with Crippen LogP contribution in [0.3, 0.4) is 0 Å². The Bertz CT molecular complexity index is 1330. The summed E-state index contributed by atoms with van der Waals surface area (Å²) in [6.45, 7) is 0.00502. The molecule has 0 atom stereocenters. The van der Waals surface area contributed by atoms with Crippen LogP contribution >= 0.6 is 15.9 Å². The zero-order valence-corrected chi connectivity index (χ0v) is 19.2. The summed E-state index contributed by atoms with van der Waals surface area (Å²) >= 11 is 3.21. The number of hydrogen-bond donors (Lipinski definition) is 1. The lowest BCUT2D eigenvalue weighted by Gasteiger charge is -2.20. The number of nitrogens with two attached hydrogens (primary N) is 1. The van der Waals surface area contributed by atoms with Gasteiger partial charge in [-0.25, -0.2) is 20.2 Å². The summed E-state index contributed by atoms with van der Waals surface area (Å²) in [5.41, 5.74) is 0.348. The molecular formula is C23H17BrF4N4O2. The SMILES string of the molecule is COc1cc2c(N(N)c3ccc(Br)cc3F)ncnc2cc1OCc1ccc(C(F)(F)F)cc1. The minimum atomic E-state index is -4.41. The highest BCUT2D eigenvalue weighted by Gasteiger charge is 2.30. The molecular weight excluding hydrogens is 520 g/mol. The van der Waals surface area contributed by atoms with Gasteiger partial charge in [0.2, 0.25) is 0 Å². The quantitative estimate of drug-likeness (QED) is 0.181. The van der Waals surface area contributed by atoms with Gasteiger partial charge in [-0.05, 0) is 42.0 Å². The fraction of sp³-hybridized carbons (Fsp3) is 0.130. The normalized spacial score (nSPS) is 11.5. The van der Waals surface area contributed by atoms with E-state index in [9.17, 15) is 17.6 Å². The second kappa shape index (κ2) is 9.43. The Kier molecular flexibility index (Phi) is 6.58. The van der Waals surface area contributed by atoms with Gasteiger partial charge >= 0.3 is 6.18 Å². The van der Waals surface area contributed by atoms with Crippen LogP contribution in [0.15, 0.2) is 65.4 Å². The van der Waals surface area contributed by atoms with Crippen LogP contribution in [0.1, 0.15) is 11.1 Å². The second-order valence-electron chi connectivity index (χ2n) is 7.17. The van der Waals surface area contributed by atoms with E-state index in [1.165, 1.54) is 37.7 Å². The molecule has 3 aromatic carbocycles. The number of ether oxygens (including phenoxy) is 2. The van der Waals surface area contributed by atoms with Crippen molar-refractivity contribution in [2.75, 3.05) is 12.1 Å². The molecule has 0 saturated heterocycles. The Labute approximate surface area is 200 Å². The number of rotatable bonds is 6. The summed E-state index contributed by atoms with van der Waals surface area (Å²) in [6, 6.07) is 12.3. The summed E-state index contributed by atoms with van der Waals surface area (Å²) in [6.07, 6.45) is -3.13. The van der Waals surface area contributed by atoms with Gasteiger partial charge in [-0.15, -0.1) is 0 Å². The summed E-state index contributed by atoms with van der Waals surface area (Å²) in [4.78, 5) is 8.43. The largest absolute Gasteiger partial charge is 0.493 e. The van der Waals surface area contributed by atoms with Crippen LogP contribution in [0.4, 0.5) is 29.1 Å². The average Bonchev–Trinajstić information content (AvgIpc) is 2.81. The van der Waals surface area contributed by atoms with Crippen molar-refractivity contribution >= 4 is 38.3 Å². The first-order valence-corrected chi connectivity index (χ1v) is 10.6. The number of hydrogen-bond acceptors (Lipinski definition) is 6. The number of nitrogens with zero attached hydrogens (tertiary/aromatic N) is 3. The number of methoxy groups -OCH3 is 1. The molecule has 2 N–H and O–H groups in total. The van der Waals surface area contributed by atoms with E-state index in [2.05, 4.69) is 25.9 Å². The number of hydrazine groups is 1. The van der Waals surface area contributed by atoms with Crippen LogP contribution in [0.2, 0.25) is 0 Å². The van der Waals surface area contributed by atoms with Gasteiger partial charge in [0.15, 0.2) is 17.3 Å². The highest BCUT2D eigenvalue weighted by Crippen LogP contribution is 2.37. The zero-order chi connectivity index (χ0) is 24.5. The first kappa shape index (κ1) is 23.7. The maximum Gasteiger partial charge on any atom is 0.416 e. The van der Waals surface area contributed by atoms with Crippen molar-refractivity contribution in [3.8, 4) is 11.5 Å². The predicted octanol–water partition coefficient (Wildman–Crippen LogP) is 6.15. The monoisotopic (exact) mass is 536 g/mol. The summed E-state index contributed by atoms with van der Waals surface area (Å²) in [7, 11) is 1.43. The Balaban J connectivity index is 1.64. The number of benzene rings is 3.